The predicted molar refractivity (Wildman–Crippen MR) is 92.5 cm³/mol. The molecule has 4 rings (SSSR count). The predicted octanol–water partition coefficient (Wildman–Crippen LogP) is 2.37. The average Bonchev–Trinajstić information content (AvgIpc) is 3.04. The molecule has 3 N–H and O–H groups in total. The van der Waals surface area contributed by atoms with E-state index in [9.17, 15) is 14.0 Å². The van der Waals surface area contributed by atoms with Crippen LogP contribution in [0.4, 0.5) is 15.8 Å². The lowest BCUT2D eigenvalue weighted by Gasteiger charge is -2.01. The Morgan fingerprint density at radius 3 is 2.56 bits per heavy atom. The van der Waals surface area contributed by atoms with Crippen molar-refractivity contribution in [1.29, 1.82) is 0 Å². The molecule has 0 atom stereocenters. The maximum atomic E-state index is 13.4. The van der Waals surface area contributed by atoms with E-state index in [1.54, 1.807) is 0 Å². The number of benzene rings is 2. The van der Waals surface area contributed by atoms with Crippen LogP contribution in [-0.2, 0) is 9.59 Å². The van der Waals surface area contributed by atoms with E-state index in [-0.39, 0.29) is 11.6 Å². The molecule has 7 heteroatoms. The van der Waals surface area contributed by atoms with Gasteiger partial charge in [0.05, 0.1) is 11.3 Å². The molecule has 0 radical (unpaired) electrons. The van der Waals surface area contributed by atoms with Gasteiger partial charge in [-0.05, 0) is 37.3 Å². The number of rotatable bonds is 2. The fourth-order valence-electron chi connectivity index (χ4n) is 2.84. The Bertz CT molecular complexity index is 915. The summed E-state index contributed by atoms with van der Waals surface area (Å²) in [5, 5.41) is 9.38. The van der Waals surface area contributed by atoms with Crippen molar-refractivity contribution >= 4 is 34.5 Å². The maximum absolute atomic E-state index is 13.4. The number of hydrazone groups is 1. The van der Waals surface area contributed by atoms with Gasteiger partial charge in [-0.15, -0.1) is 0 Å². The van der Waals surface area contributed by atoms with Gasteiger partial charge in [0.2, 0.25) is 0 Å². The maximum Gasteiger partial charge on any atom is 0.276 e. The lowest BCUT2D eigenvalue weighted by atomic mass is 10.1. The highest BCUT2D eigenvalue weighted by molar-refractivity contribution is 6.53. The van der Waals surface area contributed by atoms with Gasteiger partial charge in [-0.2, -0.15) is 5.10 Å². The van der Waals surface area contributed by atoms with Crippen LogP contribution in [0.25, 0.3) is 5.57 Å². The van der Waals surface area contributed by atoms with Gasteiger partial charge < -0.3 is 10.6 Å². The van der Waals surface area contributed by atoms with E-state index in [1.165, 1.54) is 24.4 Å². The summed E-state index contributed by atoms with van der Waals surface area (Å²) in [5.41, 5.74) is 6.50. The second kappa shape index (κ2) is 5.55. The van der Waals surface area contributed by atoms with E-state index < -0.39 is 11.7 Å². The molecular weight excluding hydrogens is 323 g/mol. The highest BCUT2D eigenvalue weighted by Gasteiger charge is 2.27. The molecule has 2 aliphatic rings. The normalized spacial score (nSPS) is 18.2. The van der Waals surface area contributed by atoms with E-state index in [1.807, 2.05) is 25.1 Å². The van der Waals surface area contributed by atoms with E-state index in [2.05, 4.69) is 21.2 Å². The number of aryl methyl sites for hydroxylation is 1. The van der Waals surface area contributed by atoms with Crippen molar-refractivity contribution < 1.29 is 14.0 Å². The van der Waals surface area contributed by atoms with Gasteiger partial charge in [-0.25, -0.2) is 4.39 Å². The van der Waals surface area contributed by atoms with Crippen LogP contribution in [0.15, 0.2) is 47.7 Å². The lowest BCUT2D eigenvalue weighted by Crippen LogP contribution is -2.17. The van der Waals surface area contributed by atoms with E-state index in [0.717, 1.165) is 16.8 Å². The summed E-state index contributed by atoms with van der Waals surface area (Å²) < 4.78 is 13.4. The number of amides is 2. The summed E-state index contributed by atoms with van der Waals surface area (Å²) in [6.45, 7) is 1.93. The summed E-state index contributed by atoms with van der Waals surface area (Å²) in [7, 11) is 0. The van der Waals surface area contributed by atoms with Crippen LogP contribution in [0.5, 0.6) is 0 Å². The molecule has 2 amide bonds. The topological polar surface area (TPSA) is 82.6 Å². The molecule has 0 aromatic heterocycles. The summed E-state index contributed by atoms with van der Waals surface area (Å²) in [4.78, 5) is 24.1. The number of halogens is 1. The SMILES string of the molecule is Cc1ccc2c(c1)/C(=C\N/N=C1\C(=O)Nc3ccc(F)cc31)C(=O)N2. The highest BCUT2D eigenvalue weighted by atomic mass is 19.1. The van der Waals surface area contributed by atoms with Gasteiger partial charge >= 0.3 is 0 Å². The fraction of sp³-hybridized carbons (Fsp3) is 0.0556. The molecular formula is C18H13FN4O2. The molecule has 2 aromatic carbocycles. The van der Waals surface area contributed by atoms with Crippen LogP contribution in [-0.4, -0.2) is 17.5 Å². The van der Waals surface area contributed by atoms with Crippen molar-refractivity contribution in [2.75, 3.05) is 10.6 Å². The second-order valence-corrected chi connectivity index (χ2v) is 5.79. The minimum Gasteiger partial charge on any atom is -0.321 e. The molecule has 2 aliphatic heterocycles. The summed E-state index contributed by atoms with van der Waals surface area (Å²) in [5.74, 6) is -1.14. The molecule has 0 unspecified atom stereocenters. The van der Waals surface area contributed by atoms with Crippen LogP contribution in [0.3, 0.4) is 0 Å². The third-order valence-electron chi connectivity index (χ3n) is 4.04. The Morgan fingerprint density at radius 1 is 1.00 bits per heavy atom. The summed E-state index contributed by atoms with van der Waals surface area (Å²) in [6.07, 6.45) is 1.43. The first-order chi connectivity index (χ1) is 12.0. The minimum atomic E-state index is -0.458. The largest absolute Gasteiger partial charge is 0.321 e. The summed E-state index contributed by atoms with van der Waals surface area (Å²) >= 11 is 0. The molecule has 6 nitrogen and oxygen atoms in total. The van der Waals surface area contributed by atoms with Gasteiger partial charge in [-0.3, -0.25) is 15.0 Å². The molecule has 25 heavy (non-hydrogen) atoms. The van der Waals surface area contributed by atoms with Crippen LogP contribution in [0.1, 0.15) is 16.7 Å². The Kier molecular flexibility index (Phi) is 3.35. The molecule has 2 heterocycles. The monoisotopic (exact) mass is 336 g/mol. The molecule has 0 bridgehead atoms. The highest BCUT2D eigenvalue weighted by Crippen LogP contribution is 2.32. The van der Waals surface area contributed by atoms with Crippen LogP contribution < -0.4 is 16.1 Å². The Labute approximate surface area is 142 Å². The molecule has 0 fully saturated rings. The zero-order valence-corrected chi connectivity index (χ0v) is 13.2. The van der Waals surface area contributed by atoms with Crippen molar-refractivity contribution in [3.05, 3.63) is 65.1 Å². The Morgan fingerprint density at radius 2 is 1.72 bits per heavy atom. The van der Waals surface area contributed by atoms with Gasteiger partial charge in [0.25, 0.3) is 11.8 Å². The third-order valence-corrected chi connectivity index (χ3v) is 4.04. The number of carbonyl (C=O) groups is 2. The van der Waals surface area contributed by atoms with Crippen molar-refractivity contribution in [3.63, 3.8) is 0 Å². The Hall–Kier alpha value is -3.48. The number of nitrogens with zero attached hydrogens (tertiary/aromatic N) is 1. The first-order valence-corrected chi connectivity index (χ1v) is 7.60. The minimum absolute atomic E-state index is 0.0641. The smallest absolute Gasteiger partial charge is 0.276 e. The number of carbonyl (C=O) groups excluding carboxylic acids is 2. The van der Waals surface area contributed by atoms with Crippen molar-refractivity contribution in [3.8, 4) is 0 Å². The standard InChI is InChI=1S/C18H13FN4O2/c1-9-2-4-14-11(6-9)13(17(24)21-14)8-20-23-16-12-7-10(19)3-5-15(12)22-18(16)25/h2-8,20H,1H3,(H,21,24)(H,22,23,25)/b13-8+. The molecule has 0 spiro atoms. The average molecular weight is 336 g/mol. The zero-order valence-electron chi connectivity index (χ0n) is 13.2. The van der Waals surface area contributed by atoms with Gasteiger partial charge in [0.15, 0.2) is 5.71 Å². The first-order valence-electron chi connectivity index (χ1n) is 7.60. The van der Waals surface area contributed by atoms with Crippen molar-refractivity contribution in [2.24, 2.45) is 5.10 Å². The number of hydrogen-bond acceptors (Lipinski definition) is 4. The lowest BCUT2D eigenvalue weighted by molar-refractivity contribution is -0.111. The van der Waals surface area contributed by atoms with Crippen molar-refractivity contribution in [2.45, 2.75) is 6.92 Å². The number of hydrogen-bond donors (Lipinski definition) is 3. The van der Waals surface area contributed by atoms with E-state index in [0.29, 0.717) is 16.8 Å². The molecule has 2 aromatic rings. The summed E-state index contributed by atoms with van der Waals surface area (Å²) in [6, 6.07) is 9.61. The van der Waals surface area contributed by atoms with Gasteiger partial charge in [0, 0.05) is 23.0 Å². The number of fused-ring (bicyclic) bond motifs is 2. The van der Waals surface area contributed by atoms with E-state index in [4.69, 9.17) is 0 Å². The molecule has 0 aliphatic carbocycles. The quantitative estimate of drug-likeness (QED) is 0.582. The van der Waals surface area contributed by atoms with Crippen LogP contribution in [0.2, 0.25) is 0 Å². The first kappa shape index (κ1) is 15.1. The van der Waals surface area contributed by atoms with Gasteiger partial charge in [0.1, 0.15) is 5.82 Å². The number of anilines is 2. The van der Waals surface area contributed by atoms with Crippen molar-refractivity contribution in [1.82, 2.24) is 5.43 Å². The molecule has 0 saturated carbocycles. The Balaban J connectivity index is 1.65. The third kappa shape index (κ3) is 2.55. The van der Waals surface area contributed by atoms with Crippen LogP contribution in [0, 0.1) is 12.7 Å². The second-order valence-electron chi connectivity index (χ2n) is 5.79. The molecule has 124 valence electrons. The fourth-order valence-corrected chi connectivity index (χ4v) is 2.84. The van der Waals surface area contributed by atoms with Gasteiger partial charge in [-0.1, -0.05) is 11.6 Å². The molecule has 0 saturated heterocycles. The number of nitrogens with one attached hydrogen (secondary N) is 3. The zero-order chi connectivity index (χ0) is 17.6. The van der Waals surface area contributed by atoms with E-state index >= 15 is 0 Å². The van der Waals surface area contributed by atoms with Crippen LogP contribution >= 0.6 is 0 Å².